The Morgan fingerprint density at radius 3 is 2.56 bits per heavy atom. The zero-order chi connectivity index (χ0) is 19.8. The van der Waals surface area contributed by atoms with Crippen molar-refractivity contribution in [3.8, 4) is 0 Å². The molecule has 0 radical (unpaired) electrons. The van der Waals surface area contributed by atoms with Crippen LogP contribution in [0.3, 0.4) is 0 Å². The summed E-state index contributed by atoms with van der Waals surface area (Å²) in [5, 5.41) is 4.63. The van der Waals surface area contributed by atoms with E-state index in [-0.39, 0.29) is 49.2 Å². The third-order valence-electron chi connectivity index (χ3n) is 6.36. The van der Waals surface area contributed by atoms with Crippen LogP contribution in [-0.4, -0.2) is 83.7 Å². The van der Waals surface area contributed by atoms with E-state index >= 15 is 0 Å². The molecule has 4 heterocycles. The molecule has 3 fully saturated rings. The Morgan fingerprint density at radius 2 is 1.84 bits per heavy atom. The average Bonchev–Trinajstić information content (AvgIpc) is 3.45. The molecule has 3 saturated heterocycles. The molecule has 0 saturated carbocycles. The third kappa shape index (κ3) is 5.48. The van der Waals surface area contributed by atoms with E-state index in [9.17, 15) is 4.79 Å². The van der Waals surface area contributed by atoms with Gasteiger partial charge in [0.25, 0.3) is 0 Å². The van der Waals surface area contributed by atoms with Crippen LogP contribution in [-0.2, 0) is 4.79 Å². The molecule has 5 rings (SSSR count). The molecule has 1 aromatic heterocycles. The van der Waals surface area contributed by atoms with E-state index < -0.39 is 0 Å². The standard InChI is InChI=1S/C21H28N6OS.3ClH/c22-20-12-19(16-3-1-2-4-17(16)24-20)26-7-5-25(6-8-26)15-11-18(23-13-15)21(28)27-9-10-29-14-27;;;/h1-4,12,15,18,23H,5-11,13-14H2,(H2,22,24);3*1H/t15-,18-;;;/m0.../s1. The SMILES string of the molecule is Cl.Cl.Cl.Nc1cc(N2CCN([C@@H]3CN[C@H](C(=O)N4CCSC4)C3)CC2)c2ccccc2n1. The number of carbonyl (C=O) groups is 1. The van der Waals surface area contributed by atoms with E-state index in [0.717, 1.165) is 68.2 Å². The topological polar surface area (TPSA) is 77.7 Å². The Bertz CT molecular complexity index is 908. The monoisotopic (exact) mass is 520 g/mol. The summed E-state index contributed by atoms with van der Waals surface area (Å²) in [6.07, 6.45) is 0.922. The maximum absolute atomic E-state index is 12.7. The number of halogens is 3. The first kappa shape index (κ1) is 27.1. The number of nitrogens with one attached hydrogen (secondary N) is 1. The zero-order valence-corrected chi connectivity index (χ0v) is 21.1. The fourth-order valence-electron chi connectivity index (χ4n) is 4.76. The summed E-state index contributed by atoms with van der Waals surface area (Å²) in [7, 11) is 0. The van der Waals surface area contributed by atoms with Crippen LogP contribution in [0.15, 0.2) is 30.3 Å². The molecule has 0 spiro atoms. The Labute approximate surface area is 212 Å². The smallest absolute Gasteiger partial charge is 0.240 e. The lowest BCUT2D eigenvalue weighted by Crippen LogP contribution is -2.51. The summed E-state index contributed by atoms with van der Waals surface area (Å²) < 4.78 is 0. The first-order valence-corrected chi connectivity index (χ1v) is 11.6. The number of nitrogens with two attached hydrogens (primary N) is 1. The fraction of sp³-hybridized carbons (Fsp3) is 0.524. The van der Waals surface area contributed by atoms with E-state index in [2.05, 4.69) is 32.2 Å². The van der Waals surface area contributed by atoms with E-state index in [0.29, 0.717) is 11.9 Å². The molecular formula is C21H31Cl3N6OS. The van der Waals surface area contributed by atoms with E-state index in [1.165, 1.54) is 5.69 Å². The molecule has 1 aromatic carbocycles. The van der Waals surface area contributed by atoms with Crippen molar-refractivity contribution in [2.45, 2.75) is 18.5 Å². The minimum Gasteiger partial charge on any atom is -0.384 e. The van der Waals surface area contributed by atoms with Gasteiger partial charge in [-0.2, -0.15) is 0 Å². The van der Waals surface area contributed by atoms with Gasteiger partial charge in [-0.3, -0.25) is 9.69 Å². The van der Waals surface area contributed by atoms with Crippen molar-refractivity contribution in [2.24, 2.45) is 0 Å². The molecular weight excluding hydrogens is 491 g/mol. The lowest BCUT2D eigenvalue weighted by Gasteiger charge is -2.39. The highest BCUT2D eigenvalue weighted by Gasteiger charge is 2.36. The number of nitrogens with zero attached hydrogens (tertiary/aromatic N) is 4. The first-order valence-electron chi connectivity index (χ1n) is 10.4. The van der Waals surface area contributed by atoms with Crippen molar-refractivity contribution in [2.75, 3.05) is 61.5 Å². The summed E-state index contributed by atoms with van der Waals surface area (Å²) in [5.74, 6) is 2.78. The maximum atomic E-state index is 12.7. The highest BCUT2D eigenvalue weighted by Crippen LogP contribution is 2.29. The molecule has 2 atom stereocenters. The molecule has 11 heteroatoms. The minimum atomic E-state index is -0.0133. The maximum Gasteiger partial charge on any atom is 0.240 e. The second-order valence-electron chi connectivity index (χ2n) is 8.10. The first-order chi connectivity index (χ1) is 14.2. The van der Waals surface area contributed by atoms with Crippen LogP contribution in [0.2, 0.25) is 0 Å². The van der Waals surface area contributed by atoms with Crippen LogP contribution in [0.25, 0.3) is 10.9 Å². The van der Waals surface area contributed by atoms with Gasteiger partial charge in [0.15, 0.2) is 0 Å². The highest BCUT2D eigenvalue weighted by atomic mass is 35.5. The molecule has 3 aliphatic heterocycles. The molecule has 32 heavy (non-hydrogen) atoms. The van der Waals surface area contributed by atoms with Crippen molar-refractivity contribution in [3.05, 3.63) is 30.3 Å². The van der Waals surface area contributed by atoms with Gasteiger partial charge in [-0.05, 0) is 12.5 Å². The van der Waals surface area contributed by atoms with Crippen LogP contribution >= 0.6 is 49.0 Å². The number of nitrogen functional groups attached to an aromatic ring is 1. The second-order valence-corrected chi connectivity index (χ2v) is 9.17. The van der Waals surface area contributed by atoms with E-state index in [1.54, 1.807) is 0 Å². The molecule has 0 aliphatic carbocycles. The Balaban J connectivity index is 0.00000121. The minimum absolute atomic E-state index is 0. The van der Waals surface area contributed by atoms with Crippen molar-refractivity contribution >= 4 is 77.3 Å². The number of amides is 1. The number of carbonyl (C=O) groups excluding carboxylic acids is 1. The highest BCUT2D eigenvalue weighted by molar-refractivity contribution is 7.99. The Hall–Kier alpha value is -1.16. The van der Waals surface area contributed by atoms with Gasteiger partial charge in [-0.15, -0.1) is 49.0 Å². The van der Waals surface area contributed by atoms with E-state index in [1.807, 2.05) is 34.9 Å². The number of benzene rings is 1. The van der Waals surface area contributed by atoms with Gasteiger partial charge in [0, 0.05) is 68.2 Å². The summed E-state index contributed by atoms with van der Waals surface area (Å²) in [6, 6.07) is 10.6. The van der Waals surface area contributed by atoms with Crippen molar-refractivity contribution in [1.29, 1.82) is 0 Å². The van der Waals surface area contributed by atoms with Gasteiger partial charge in [0.05, 0.1) is 17.4 Å². The average molecular weight is 522 g/mol. The van der Waals surface area contributed by atoms with Crippen LogP contribution < -0.4 is 16.0 Å². The summed E-state index contributed by atoms with van der Waals surface area (Å²) in [6.45, 7) is 5.74. The number of fused-ring (bicyclic) bond motifs is 1. The largest absolute Gasteiger partial charge is 0.384 e. The number of thioether (sulfide) groups is 1. The van der Waals surface area contributed by atoms with Crippen molar-refractivity contribution < 1.29 is 4.79 Å². The number of pyridine rings is 1. The molecule has 3 aliphatic rings. The predicted molar refractivity (Wildman–Crippen MR) is 141 cm³/mol. The van der Waals surface area contributed by atoms with Gasteiger partial charge in [-0.25, -0.2) is 4.98 Å². The zero-order valence-electron chi connectivity index (χ0n) is 17.8. The number of rotatable bonds is 3. The van der Waals surface area contributed by atoms with Gasteiger partial charge < -0.3 is 20.9 Å². The van der Waals surface area contributed by atoms with E-state index in [4.69, 9.17) is 5.73 Å². The van der Waals surface area contributed by atoms with Crippen LogP contribution in [0.1, 0.15) is 6.42 Å². The summed E-state index contributed by atoms with van der Waals surface area (Å²) in [5.41, 5.74) is 8.19. The number of para-hydroxylation sites is 1. The summed E-state index contributed by atoms with van der Waals surface area (Å²) >= 11 is 1.85. The fourth-order valence-corrected chi connectivity index (χ4v) is 5.71. The second kappa shape index (κ2) is 11.8. The predicted octanol–water partition coefficient (Wildman–Crippen LogP) is 2.47. The van der Waals surface area contributed by atoms with Crippen LogP contribution in [0.4, 0.5) is 11.5 Å². The summed E-state index contributed by atoms with van der Waals surface area (Å²) in [4.78, 5) is 24.1. The van der Waals surface area contributed by atoms with Crippen molar-refractivity contribution in [3.63, 3.8) is 0 Å². The third-order valence-corrected chi connectivity index (χ3v) is 7.32. The molecule has 3 N–H and O–H groups in total. The van der Waals surface area contributed by atoms with Crippen LogP contribution in [0.5, 0.6) is 0 Å². The lowest BCUT2D eigenvalue weighted by atomic mass is 10.1. The molecule has 1 amide bonds. The molecule has 2 aromatic rings. The molecule has 0 unspecified atom stereocenters. The number of hydrogen-bond acceptors (Lipinski definition) is 7. The number of anilines is 2. The van der Waals surface area contributed by atoms with Crippen molar-refractivity contribution in [1.82, 2.24) is 20.1 Å². The van der Waals surface area contributed by atoms with Gasteiger partial charge >= 0.3 is 0 Å². The molecule has 7 nitrogen and oxygen atoms in total. The normalized spacial score (nSPS) is 23.4. The molecule has 0 bridgehead atoms. The number of aromatic nitrogens is 1. The molecule has 178 valence electrons. The Morgan fingerprint density at radius 1 is 1.09 bits per heavy atom. The lowest BCUT2D eigenvalue weighted by molar-refractivity contribution is -0.131. The van der Waals surface area contributed by atoms with Gasteiger partial charge in [-0.1, -0.05) is 18.2 Å². The quantitative estimate of drug-likeness (QED) is 0.642. The number of piperazine rings is 1. The number of hydrogen-bond donors (Lipinski definition) is 2. The van der Waals surface area contributed by atoms with Gasteiger partial charge in [0.2, 0.25) is 5.91 Å². The Kier molecular flexibility index (Phi) is 10.00. The van der Waals surface area contributed by atoms with Gasteiger partial charge in [0.1, 0.15) is 5.82 Å². The van der Waals surface area contributed by atoms with Crippen LogP contribution in [0, 0.1) is 0 Å².